The summed E-state index contributed by atoms with van der Waals surface area (Å²) >= 11 is 0. The molecule has 1 N–H and O–H groups in total. The summed E-state index contributed by atoms with van der Waals surface area (Å²) < 4.78 is 0. The third-order valence-corrected chi connectivity index (χ3v) is 4.57. The Labute approximate surface area is 112 Å². The number of carboxylic acid groups (broad SMARTS) is 1. The molecule has 0 aliphatic heterocycles. The number of carboxylic acids is 1. The molecule has 2 heteroatoms. The molecule has 1 fully saturated rings. The van der Waals surface area contributed by atoms with E-state index in [2.05, 4.69) is 13.8 Å². The average molecular weight is 254 g/mol. The van der Waals surface area contributed by atoms with E-state index in [-0.39, 0.29) is 5.92 Å². The second-order valence-corrected chi connectivity index (χ2v) is 6.09. The fourth-order valence-electron chi connectivity index (χ4n) is 3.48. The highest BCUT2D eigenvalue weighted by atomic mass is 16.4. The lowest BCUT2D eigenvalue weighted by atomic mass is 9.79. The molecule has 0 aromatic heterocycles. The summed E-state index contributed by atoms with van der Waals surface area (Å²) in [6.45, 7) is 4.38. The molecule has 1 saturated carbocycles. The van der Waals surface area contributed by atoms with Crippen molar-refractivity contribution < 1.29 is 9.90 Å². The predicted octanol–water partition coefficient (Wildman–Crippen LogP) is 4.87. The van der Waals surface area contributed by atoms with Crippen molar-refractivity contribution in [3.05, 3.63) is 0 Å². The first-order valence-electron chi connectivity index (χ1n) is 7.89. The molecule has 0 amide bonds. The number of hydrogen-bond acceptors (Lipinski definition) is 1. The molecular weight excluding hydrogens is 224 g/mol. The third-order valence-electron chi connectivity index (χ3n) is 4.57. The van der Waals surface area contributed by atoms with Gasteiger partial charge in [0.2, 0.25) is 0 Å². The third kappa shape index (κ3) is 4.99. The Morgan fingerprint density at radius 3 is 2.33 bits per heavy atom. The van der Waals surface area contributed by atoms with Crippen molar-refractivity contribution in [2.24, 2.45) is 17.8 Å². The molecule has 0 aromatic rings. The van der Waals surface area contributed by atoms with Crippen LogP contribution in [0.25, 0.3) is 0 Å². The van der Waals surface area contributed by atoms with Crippen LogP contribution >= 0.6 is 0 Å². The van der Waals surface area contributed by atoms with E-state index in [1.807, 2.05) is 0 Å². The molecule has 106 valence electrons. The van der Waals surface area contributed by atoms with Gasteiger partial charge in [0.15, 0.2) is 0 Å². The number of aliphatic carboxylic acids is 1. The molecule has 0 bridgehead atoms. The van der Waals surface area contributed by atoms with E-state index < -0.39 is 5.97 Å². The van der Waals surface area contributed by atoms with Crippen molar-refractivity contribution in [2.45, 2.75) is 78.1 Å². The van der Waals surface area contributed by atoms with Gasteiger partial charge in [-0.1, -0.05) is 58.8 Å². The maximum atomic E-state index is 11.5. The fraction of sp³-hybridized carbons (Fsp3) is 0.938. The minimum atomic E-state index is -0.553. The lowest BCUT2D eigenvalue weighted by Crippen LogP contribution is -2.28. The van der Waals surface area contributed by atoms with Gasteiger partial charge in [-0.15, -0.1) is 0 Å². The van der Waals surface area contributed by atoms with Gasteiger partial charge in [0.05, 0.1) is 5.92 Å². The molecule has 0 aromatic carbocycles. The molecule has 2 unspecified atom stereocenters. The van der Waals surface area contributed by atoms with E-state index in [0.29, 0.717) is 11.8 Å². The summed E-state index contributed by atoms with van der Waals surface area (Å²) in [6.07, 6.45) is 12.2. The first-order valence-corrected chi connectivity index (χ1v) is 7.89. The lowest BCUT2D eigenvalue weighted by Gasteiger charge is -2.25. The second-order valence-electron chi connectivity index (χ2n) is 6.09. The average Bonchev–Trinajstić information content (AvgIpc) is 2.82. The number of unbranched alkanes of at least 4 members (excludes halogenated alkanes) is 4. The smallest absolute Gasteiger partial charge is 0.307 e. The van der Waals surface area contributed by atoms with Crippen molar-refractivity contribution in [2.75, 3.05) is 0 Å². The Kier molecular flexibility index (Phi) is 7.38. The van der Waals surface area contributed by atoms with E-state index in [1.54, 1.807) is 0 Å². The molecular formula is C16H30O2. The topological polar surface area (TPSA) is 37.3 Å². The zero-order chi connectivity index (χ0) is 13.4. The summed E-state index contributed by atoms with van der Waals surface area (Å²) in [4.78, 5) is 11.5. The lowest BCUT2D eigenvalue weighted by molar-refractivity contribution is -0.145. The van der Waals surface area contributed by atoms with E-state index in [0.717, 1.165) is 19.3 Å². The van der Waals surface area contributed by atoms with Gasteiger partial charge in [-0.25, -0.2) is 0 Å². The Morgan fingerprint density at radius 2 is 1.78 bits per heavy atom. The normalized spacial score (nSPS) is 19.9. The van der Waals surface area contributed by atoms with Crippen molar-refractivity contribution in [3.8, 4) is 0 Å². The monoisotopic (exact) mass is 254 g/mol. The highest BCUT2D eigenvalue weighted by molar-refractivity contribution is 5.70. The van der Waals surface area contributed by atoms with Crippen molar-refractivity contribution in [1.82, 2.24) is 0 Å². The Bertz CT molecular complexity index is 231. The minimum absolute atomic E-state index is 0.0846. The van der Waals surface area contributed by atoms with Crippen LogP contribution < -0.4 is 0 Å². The van der Waals surface area contributed by atoms with Crippen LogP contribution in [-0.4, -0.2) is 11.1 Å². The largest absolute Gasteiger partial charge is 0.481 e. The second kappa shape index (κ2) is 8.55. The molecule has 0 saturated heterocycles. The van der Waals surface area contributed by atoms with Crippen LogP contribution in [0.5, 0.6) is 0 Å². The SMILES string of the molecule is CCCCCCCC(C)C(C(=O)O)C1CCCC1. The molecule has 18 heavy (non-hydrogen) atoms. The van der Waals surface area contributed by atoms with Crippen LogP contribution in [0, 0.1) is 17.8 Å². The quantitative estimate of drug-likeness (QED) is 0.596. The fourth-order valence-corrected chi connectivity index (χ4v) is 3.48. The molecule has 2 nitrogen and oxygen atoms in total. The maximum Gasteiger partial charge on any atom is 0.307 e. The first kappa shape index (κ1) is 15.5. The summed E-state index contributed by atoms with van der Waals surface area (Å²) in [5.41, 5.74) is 0. The van der Waals surface area contributed by atoms with Gasteiger partial charge in [-0.05, 0) is 31.1 Å². The van der Waals surface area contributed by atoms with Crippen LogP contribution in [0.15, 0.2) is 0 Å². The van der Waals surface area contributed by atoms with Crippen LogP contribution in [0.1, 0.15) is 78.1 Å². The van der Waals surface area contributed by atoms with Crippen molar-refractivity contribution in [3.63, 3.8) is 0 Å². The summed E-state index contributed by atoms with van der Waals surface area (Å²) in [5.74, 6) is 0.169. The van der Waals surface area contributed by atoms with Gasteiger partial charge in [0, 0.05) is 0 Å². The molecule has 1 aliphatic carbocycles. The molecule has 1 aliphatic rings. The van der Waals surface area contributed by atoms with Crippen LogP contribution in [0.4, 0.5) is 0 Å². The van der Waals surface area contributed by atoms with E-state index in [4.69, 9.17) is 0 Å². The standard InChI is InChI=1S/C16H30O2/c1-3-4-5-6-7-10-13(2)15(16(17)18)14-11-8-9-12-14/h13-15H,3-12H2,1-2H3,(H,17,18). The van der Waals surface area contributed by atoms with Gasteiger partial charge in [-0.2, -0.15) is 0 Å². The zero-order valence-corrected chi connectivity index (χ0v) is 12.2. The van der Waals surface area contributed by atoms with Crippen molar-refractivity contribution in [1.29, 1.82) is 0 Å². The van der Waals surface area contributed by atoms with Gasteiger partial charge in [0.1, 0.15) is 0 Å². The number of rotatable bonds is 9. The Balaban J connectivity index is 2.30. The highest BCUT2D eigenvalue weighted by Crippen LogP contribution is 2.37. The van der Waals surface area contributed by atoms with Crippen LogP contribution in [-0.2, 0) is 4.79 Å². The summed E-state index contributed by atoms with van der Waals surface area (Å²) in [6, 6.07) is 0. The van der Waals surface area contributed by atoms with Gasteiger partial charge >= 0.3 is 5.97 Å². The van der Waals surface area contributed by atoms with E-state index in [1.165, 1.54) is 44.9 Å². The highest BCUT2D eigenvalue weighted by Gasteiger charge is 2.34. The van der Waals surface area contributed by atoms with Gasteiger partial charge < -0.3 is 5.11 Å². The zero-order valence-electron chi connectivity index (χ0n) is 12.2. The number of carbonyl (C=O) groups is 1. The van der Waals surface area contributed by atoms with E-state index >= 15 is 0 Å². The Morgan fingerprint density at radius 1 is 1.17 bits per heavy atom. The molecule has 0 heterocycles. The van der Waals surface area contributed by atoms with Crippen molar-refractivity contribution >= 4 is 5.97 Å². The predicted molar refractivity (Wildman–Crippen MR) is 75.6 cm³/mol. The molecule has 0 radical (unpaired) electrons. The Hall–Kier alpha value is -0.530. The summed E-state index contributed by atoms with van der Waals surface area (Å²) in [5, 5.41) is 9.44. The van der Waals surface area contributed by atoms with E-state index in [9.17, 15) is 9.90 Å². The molecule has 2 atom stereocenters. The summed E-state index contributed by atoms with van der Waals surface area (Å²) in [7, 11) is 0. The van der Waals surface area contributed by atoms with Gasteiger partial charge in [0.25, 0.3) is 0 Å². The number of hydrogen-bond donors (Lipinski definition) is 1. The molecule has 0 spiro atoms. The van der Waals surface area contributed by atoms with Crippen LogP contribution in [0.2, 0.25) is 0 Å². The molecule has 1 rings (SSSR count). The van der Waals surface area contributed by atoms with Gasteiger partial charge in [-0.3, -0.25) is 4.79 Å². The van der Waals surface area contributed by atoms with Crippen LogP contribution in [0.3, 0.4) is 0 Å². The minimum Gasteiger partial charge on any atom is -0.481 e. The first-order chi connectivity index (χ1) is 8.66. The maximum absolute atomic E-state index is 11.5.